The highest BCUT2D eigenvalue weighted by molar-refractivity contribution is 5.76. The van der Waals surface area contributed by atoms with Gasteiger partial charge in [0, 0.05) is 6.42 Å². The molecule has 1 rings (SSSR count). The molecule has 0 aromatic rings. The van der Waals surface area contributed by atoms with Crippen LogP contribution in [0.25, 0.3) is 0 Å². The molecule has 6 N–H and O–H groups in total. The van der Waals surface area contributed by atoms with Crippen LogP contribution in [0.4, 0.5) is 0 Å². The number of hydrogen-bond donors (Lipinski definition) is 6. The fourth-order valence-corrected chi connectivity index (χ4v) is 9.28. The highest BCUT2D eigenvalue weighted by Crippen LogP contribution is 2.23. The maximum atomic E-state index is 13.0. The normalized spacial score (nSPS) is 20.0. The Balaban J connectivity index is 2.07. The first kappa shape index (κ1) is 60.2. The Morgan fingerprint density at radius 2 is 0.794 bits per heavy atom. The third-order valence-corrected chi connectivity index (χ3v) is 13.7. The van der Waals surface area contributed by atoms with E-state index in [1.54, 1.807) is 0 Å². The van der Waals surface area contributed by atoms with Crippen molar-refractivity contribution in [2.45, 2.75) is 326 Å². The molecule has 0 aliphatic carbocycles. The number of amides is 1. The lowest BCUT2D eigenvalue weighted by Gasteiger charge is -2.40. The van der Waals surface area contributed by atoms with Crippen LogP contribution in [0, 0.1) is 0 Å². The minimum absolute atomic E-state index is 0.132. The minimum atomic E-state index is -1.55. The van der Waals surface area contributed by atoms with Gasteiger partial charge in [0.05, 0.1) is 25.4 Å². The number of unbranched alkanes of at least 4 members (excludes halogenated alkanes) is 38. The van der Waals surface area contributed by atoms with Gasteiger partial charge in [-0.3, -0.25) is 4.79 Å². The third-order valence-electron chi connectivity index (χ3n) is 13.7. The van der Waals surface area contributed by atoms with Gasteiger partial charge in [-0.05, 0) is 12.8 Å². The summed E-state index contributed by atoms with van der Waals surface area (Å²) in [6.45, 7) is 3.85. The molecule has 1 aliphatic heterocycles. The fourth-order valence-electron chi connectivity index (χ4n) is 9.28. The number of nitrogens with one attached hydrogen (secondary N) is 1. The predicted octanol–water partition coefficient (Wildman–Crippen LogP) is 13.1. The van der Waals surface area contributed by atoms with Crippen LogP contribution in [0.5, 0.6) is 0 Å². The van der Waals surface area contributed by atoms with Gasteiger partial charge < -0.3 is 40.3 Å². The van der Waals surface area contributed by atoms with Crippen LogP contribution in [0.1, 0.15) is 284 Å². The quantitative estimate of drug-likeness (QED) is 0.0331. The second kappa shape index (κ2) is 45.0. The van der Waals surface area contributed by atoms with Crippen LogP contribution in [-0.2, 0) is 14.3 Å². The molecule has 0 aromatic heterocycles. The van der Waals surface area contributed by atoms with E-state index in [0.29, 0.717) is 12.8 Å². The Bertz CT molecular complexity index is 955. The number of aliphatic hydroxyl groups excluding tert-OH is 5. The molecule has 1 fully saturated rings. The van der Waals surface area contributed by atoms with Gasteiger partial charge >= 0.3 is 0 Å². The maximum Gasteiger partial charge on any atom is 0.220 e. The van der Waals surface area contributed by atoms with E-state index < -0.39 is 49.5 Å². The lowest BCUT2D eigenvalue weighted by molar-refractivity contribution is -0.302. The highest BCUT2D eigenvalue weighted by atomic mass is 16.7. The fraction of sp³-hybridized carbons (Fsp3) is 0.981. The van der Waals surface area contributed by atoms with Crippen LogP contribution in [0.15, 0.2) is 0 Å². The number of aliphatic hydroxyl groups is 5. The van der Waals surface area contributed by atoms with Gasteiger partial charge in [0.25, 0.3) is 0 Å². The summed E-state index contributed by atoms with van der Waals surface area (Å²) in [5.74, 6) is -0.139. The molecular formula is C54H107NO8. The molecule has 9 nitrogen and oxygen atoms in total. The van der Waals surface area contributed by atoms with Crippen molar-refractivity contribution in [3.8, 4) is 0 Å². The molecule has 0 bridgehead atoms. The van der Waals surface area contributed by atoms with Gasteiger partial charge in [-0.15, -0.1) is 0 Å². The topological polar surface area (TPSA) is 149 Å². The highest BCUT2D eigenvalue weighted by Gasteiger charge is 2.44. The minimum Gasteiger partial charge on any atom is -0.394 e. The molecule has 63 heavy (non-hydrogen) atoms. The maximum absolute atomic E-state index is 13.0. The van der Waals surface area contributed by atoms with Gasteiger partial charge in [0.15, 0.2) is 6.29 Å². The summed E-state index contributed by atoms with van der Waals surface area (Å²) in [5, 5.41) is 54.4. The summed E-state index contributed by atoms with van der Waals surface area (Å²) in [6.07, 6.45) is 45.9. The van der Waals surface area contributed by atoms with E-state index in [4.69, 9.17) is 9.47 Å². The van der Waals surface area contributed by atoms with Gasteiger partial charge in [-0.2, -0.15) is 0 Å². The summed E-state index contributed by atoms with van der Waals surface area (Å²) < 4.78 is 11.3. The van der Waals surface area contributed by atoms with Gasteiger partial charge in [0.2, 0.25) is 5.91 Å². The van der Waals surface area contributed by atoms with E-state index in [1.807, 2.05) is 0 Å². The molecule has 7 unspecified atom stereocenters. The zero-order valence-corrected chi connectivity index (χ0v) is 41.6. The summed E-state index contributed by atoms with van der Waals surface area (Å²) in [4.78, 5) is 13.0. The average Bonchev–Trinajstić information content (AvgIpc) is 3.28. The number of hydrogen-bond acceptors (Lipinski definition) is 8. The first-order chi connectivity index (χ1) is 30.8. The SMILES string of the molecule is CCCCCCCCCCCCCCCCCCCCCCCCCCCCCCCCC(=O)NC(COC1OC(CO)C(O)C(O)C1O)C(O)CCCCCCCCCCCC. The third kappa shape index (κ3) is 35.1. The van der Waals surface area contributed by atoms with Crippen molar-refractivity contribution in [2.24, 2.45) is 0 Å². The van der Waals surface area contributed by atoms with Crippen LogP contribution >= 0.6 is 0 Å². The second-order valence-corrected chi connectivity index (χ2v) is 19.7. The van der Waals surface area contributed by atoms with Gasteiger partial charge in [0.1, 0.15) is 24.4 Å². The molecule has 1 heterocycles. The van der Waals surface area contributed by atoms with Crippen molar-refractivity contribution in [3.05, 3.63) is 0 Å². The summed E-state index contributed by atoms with van der Waals surface area (Å²) in [5.41, 5.74) is 0. The van der Waals surface area contributed by atoms with E-state index in [-0.39, 0.29) is 12.5 Å². The molecule has 0 spiro atoms. The Labute approximate surface area is 389 Å². The Morgan fingerprint density at radius 1 is 0.476 bits per heavy atom. The molecule has 0 saturated carbocycles. The van der Waals surface area contributed by atoms with Crippen molar-refractivity contribution < 1.29 is 39.8 Å². The van der Waals surface area contributed by atoms with Crippen LogP contribution < -0.4 is 5.32 Å². The van der Waals surface area contributed by atoms with E-state index in [9.17, 15) is 30.3 Å². The Hall–Kier alpha value is -0.810. The van der Waals surface area contributed by atoms with Crippen molar-refractivity contribution in [2.75, 3.05) is 13.2 Å². The van der Waals surface area contributed by atoms with E-state index in [2.05, 4.69) is 19.2 Å². The molecule has 1 aliphatic rings. The number of rotatable bonds is 48. The van der Waals surface area contributed by atoms with E-state index in [1.165, 1.54) is 218 Å². The average molecular weight is 898 g/mol. The summed E-state index contributed by atoms with van der Waals surface area (Å²) >= 11 is 0. The molecular weight excluding hydrogens is 791 g/mol. The lowest BCUT2D eigenvalue weighted by atomic mass is 9.99. The predicted molar refractivity (Wildman–Crippen MR) is 263 cm³/mol. The molecule has 1 saturated heterocycles. The smallest absolute Gasteiger partial charge is 0.220 e. The van der Waals surface area contributed by atoms with E-state index in [0.717, 1.165) is 38.5 Å². The molecule has 0 radical (unpaired) electrons. The monoisotopic (exact) mass is 898 g/mol. The molecule has 1 amide bonds. The second-order valence-electron chi connectivity index (χ2n) is 19.7. The summed E-state index contributed by atoms with van der Waals surface area (Å²) in [7, 11) is 0. The zero-order valence-electron chi connectivity index (χ0n) is 41.6. The summed E-state index contributed by atoms with van der Waals surface area (Å²) in [6, 6.07) is -0.711. The zero-order chi connectivity index (χ0) is 45.9. The van der Waals surface area contributed by atoms with Crippen molar-refractivity contribution in [1.82, 2.24) is 5.32 Å². The van der Waals surface area contributed by atoms with Gasteiger partial charge in [-0.25, -0.2) is 0 Å². The van der Waals surface area contributed by atoms with E-state index >= 15 is 0 Å². The number of ether oxygens (including phenoxy) is 2. The van der Waals surface area contributed by atoms with Crippen LogP contribution in [0.3, 0.4) is 0 Å². The molecule has 9 heteroatoms. The Kier molecular flexibility index (Phi) is 43.0. The van der Waals surface area contributed by atoms with Gasteiger partial charge in [-0.1, -0.05) is 264 Å². The standard InChI is InChI=1S/C54H107NO8/c1-3-5-7-9-11-13-15-16-17-18-19-20-21-22-23-24-25-26-27-28-29-30-31-32-33-34-36-38-40-42-44-50(58)55-47(46-62-54-53(61)52(60)51(59)49(45-56)63-54)48(57)43-41-39-37-35-14-12-10-8-6-4-2/h47-49,51-54,56-57,59-61H,3-46H2,1-2H3,(H,55,58). The molecule has 376 valence electrons. The van der Waals surface area contributed by atoms with Crippen molar-refractivity contribution in [1.29, 1.82) is 0 Å². The number of carbonyl (C=O) groups is 1. The van der Waals surface area contributed by atoms with Crippen molar-refractivity contribution in [3.63, 3.8) is 0 Å². The Morgan fingerprint density at radius 3 is 1.13 bits per heavy atom. The van der Waals surface area contributed by atoms with Crippen LogP contribution in [-0.4, -0.2) is 87.5 Å². The molecule has 7 atom stereocenters. The largest absolute Gasteiger partial charge is 0.394 e. The number of carbonyl (C=O) groups excluding carboxylic acids is 1. The molecule has 0 aromatic carbocycles. The first-order valence-corrected chi connectivity index (χ1v) is 27.7. The first-order valence-electron chi connectivity index (χ1n) is 27.7. The lowest BCUT2D eigenvalue weighted by Crippen LogP contribution is -2.60. The van der Waals surface area contributed by atoms with Crippen LogP contribution in [0.2, 0.25) is 0 Å². The van der Waals surface area contributed by atoms with Crippen molar-refractivity contribution >= 4 is 5.91 Å².